The van der Waals surface area contributed by atoms with Gasteiger partial charge in [0.05, 0.1) is 25.2 Å². The van der Waals surface area contributed by atoms with E-state index in [1.54, 1.807) is 16.9 Å². The molecule has 0 bridgehead atoms. The summed E-state index contributed by atoms with van der Waals surface area (Å²) in [5, 5.41) is 8.82. The molecule has 2 aliphatic heterocycles. The second-order valence-corrected chi connectivity index (χ2v) is 5.81. The second-order valence-electron chi connectivity index (χ2n) is 5.81. The average molecular weight is 300 g/mol. The fourth-order valence-corrected chi connectivity index (χ4v) is 2.93. The van der Waals surface area contributed by atoms with E-state index in [1.807, 2.05) is 0 Å². The van der Waals surface area contributed by atoms with Crippen LogP contribution in [0.2, 0.25) is 0 Å². The van der Waals surface area contributed by atoms with Gasteiger partial charge >= 0.3 is 12.0 Å². The summed E-state index contributed by atoms with van der Waals surface area (Å²) in [6.45, 7) is 4.70. The van der Waals surface area contributed by atoms with Gasteiger partial charge in [0.2, 0.25) is 0 Å². The number of amides is 2. The van der Waals surface area contributed by atoms with Gasteiger partial charge in [0.1, 0.15) is 0 Å². The Labute approximate surface area is 124 Å². The van der Waals surface area contributed by atoms with Gasteiger partial charge in [0.25, 0.3) is 0 Å². The molecule has 0 spiro atoms. The molecule has 0 radical (unpaired) electrons. The van der Waals surface area contributed by atoms with Gasteiger partial charge in [-0.3, -0.25) is 4.79 Å². The van der Waals surface area contributed by atoms with Crippen molar-refractivity contribution in [2.24, 2.45) is 5.92 Å². The quantitative estimate of drug-likeness (QED) is 0.827. The second kappa shape index (κ2) is 7.09. The maximum atomic E-state index is 12.5. The van der Waals surface area contributed by atoms with E-state index in [2.05, 4.69) is 6.92 Å². The lowest BCUT2D eigenvalue weighted by molar-refractivity contribution is -0.141. The molecule has 0 aromatic carbocycles. The zero-order chi connectivity index (χ0) is 15.4. The highest BCUT2D eigenvalue weighted by Crippen LogP contribution is 2.21. The number of piperidine rings is 1. The fourth-order valence-electron chi connectivity index (χ4n) is 2.93. The molecule has 21 heavy (non-hydrogen) atoms. The Kier molecular flexibility index (Phi) is 5.41. The van der Waals surface area contributed by atoms with Crippen molar-refractivity contribution in [3.63, 3.8) is 0 Å². The third kappa shape index (κ3) is 4.07. The van der Waals surface area contributed by atoms with Crippen LogP contribution in [-0.4, -0.2) is 79.0 Å². The first kappa shape index (κ1) is 16.0. The first-order valence-electron chi connectivity index (χ1n) is 7.41. The molecule has 2 heterocycles. The summed E-state index contributed by atoms with van der Waals surface area (Å²) in [5.74, 6) is -0.455. The molecule has 3 unspecified atom stereocenters. The molecule has 120 valence electrons. The van der Waals surface area contributed by atoms with Gasteiger partial charge in [-0.25, -0.2) is 4.79 Å². The van der Waals surface area contributed by atoms with E-state index in [0.29, 0.717) is 32.2 Å². The third-order valence-corrected chi connectivity index (χ3v) is 4.27. The van der Waals surface area contributed by atoms with Crippen molar-refractivity contribution in [2.45, 2.75) is 32.0 Å². The molecule has 2 rings (SSSR count). The molecule has 0 aromatic rings. The highest BCUT2D eigenvalue weighted by Gasteiger charge is 2.33. The number of aliphatic carboxylic acids is 1. The lowest BCUT2D eigenvalue weighted by Gasteiger charge is -2.40. The van der Waals surface area contributed by atoms with E-state index in [1.165, 1.54) is 0 Å². The van der Waals surface area contributed by atoms with Crippen molar-refractivity contribution in [1.82, 2.24) is 9.80 Å². The van der Waals surface area contributed by atoms with Crippen LogP contribution in [-0.2, 0) is 14.3 Å². The molecule has 2 saturated heterocycles. The summed E-state index contributed by atoms with van der Waals surface area (Å²) in [6.07, 6.45) is 0.509. The molecule has 3 atom stereocenters. The van der Waals surface area contributed by atoms with Gasteiger partial charge < -0.3 is 24.4 Å². The highest BCUT2D eigenvalue weighted by molar-refractivity contribution is 5.75. The highest BCUT2D eigenvalue weighted by atomic mass is 16.5. The lowest BCUT2D eigenvalue weighted by Crippen LogP contribution is -2.55. The summed E-state index contributed by atoms with van der Waals surface area (Å²) >= 11 is 0. The molecular weight excluding hydrogens is 276 g/mol. The summed E-state index contributed by atoms with van der Waals surface area (Å²) in [4.78, 5) is 26.8. The van der Waals surface area contributed by atoms with Gasteiger partial charge in [0.15, 0.2) is 0 Å². The van der Waals surface area contributed by atoms with Crippen molar-refractivity contribution >= 4 is 12.0 Å². The lowest BCUT2D eigenvalue weighted by atomic mass is 9.96. The van der Waals surface area contributed by atoms with Crippen LogP contribution in [0.15, 0.2) is 0 Å². The number of carboxylic acid groups (broad SMARTS) is 1. The smallest absolute Gasteiger partial charge is 0.320 e. The standard InChI is InChI=1S/C14H24N2O5/c1-10-3-4-15(9-12(10)20-2)14(19)16-5-6-21-11(8-16)7-13(17)18/h10-12H,3-9H2,1-2H3,(H,17,18). The molecular formula is C14H24N2O5. The SMILES string of the molecule is COC1CN(C(=O)N2CCOC(CC(=O)O)C2)CCC1C. The van der Waals surface area contributed by atoms with Crippen molar-refractivity contribution in [3.8, 4) is 0 Å². The summed E-state index contributed by atoms with van der Waals surface area (Å²) in [5.41, 5.74) is 0. The molecule has 2 amide bonds. The molecule has 0 aliphatic carbocycles. The number of hydrogen-bond acceptors (Lipinski definition) is 4. The number of likely N-dealkylation sites (tertiary alicyclic amines) is 1. The first-order valence-corrected chi connectivity index (χ1v) is 7.41. The van der Waals surface area contributed by atoms with Crippen molar-refractivity contribution < 1.29 is 24.2 Å². The average Bonchev–Trinajstić information content (AvgIpc) is 2.46. The van der Waals surface area contributed by atoms with E-state index in [-0.39, 0.29) is 18.6 Å². The van der Waals surface area contributed by atoms with Gasteiger partial charge in [0, 0.05) is 33.3 Å². The van der Waals surface area contributed by atoms with E-state index in [0.717, 1.165) is 13.0 Å². The Balaban J connectivity index is 1.91. The van der Waals surface area contributed by atoms with Gasteiger partial charge in [-0.05, 0) is 12.3 Å². The number of morpholine rings is 1. The van der Waals surface area contributed by atoms with E-state index < -0.39 is 12.1 Å². The minimum Gasteiger partial charge on any atom is -0.481 e. The molecule has 0 aromatic heterocycles. The fraction of sp³-hybridized carbons (Fsp3) is 0.857. The van der Waals surface area contributed by atoms with Crippen LogP contribution in [0.1, 0.15) is 19.8 Å². The van der Waals surface area contributed by atoms with Crippen LogP contribution >= 0.6 is 0 Å². The first-order chi connectivity index (χ1) is 10.0. The van der Waals surface area contributed by atoms with Crippen LogP contribution in [0.5, 0.6) is 0 Å². The third-order valence-electron chi connectivity index (χ3n) is 4.27. The number of ether oxygens (including phenoxy) is 2. The van der Waals surface area contributed by atoms with Gasteiger partial charge in [-0.1, -0.05) is 6.92 Å². The van der Waals surface area contributed by atoms with E-state index in [4.69, 9.17) is 14.6 Å². The summed E-state index contributed by atoms with van der Waals surface area (Å²) in [6, 6.07) is -0.0392. The predicted molar refractivity (Wildman–Crippen MR) is 75.1 cm³/mol. The topological polar surface area (TPSA) is 79.3 Å². The Morgan fingerprint density at radius 2 is 2.00 bits per heavy atom. The van der Waals surface area contributed by atoms with Crippen LogP contribution in [0.4, 0.5) is 4.79 Å². The number of nitrogens with zero attached hydrogens (tertiary/aromatic N) is 2. The predicted octanol–water partition coefficient (Wildman–Crippen LogP) is 0.639. The Morgan fingerprint density at radius 1 is 1.29 bits per heavy atom. The molecule has 1 N–H and O–H groups in total. The number of rotatable bonds is 3. The number of methoxy groups -OCH3 is 1. The molecule has 2 fully saturated rings. The normalized spacial score (nSPS) is 30.3. The van der Waals surface area contributed by atoms with Crippen LogP contribution in [0.25, 0.3) is 0 Å². The van der Waals surface area contributed by atoms with Crippen LogP contribution in [0, 0.1) is 5.92 Å². The monoisotopic (exact) mass is 300 g/mol. The number of carbonyl (C=O) groups excluding carboxylic acids is 1. The molecule has 7 nitrogen and oxygen atoms in total. The van der Waals surface area contributed by atoms with Crippen molar-refractivity contribution in [1.29, 1.82) is 0 Å². The molecule has 0 saturated carbocycles. The minimum absolute atomic E-state index is 0.0392. The molecule has 7 heteroatoms. The zero-order valence-electron chi connectivity index (χ0n) is 12.7. The Morgan fingerprint density at radius 3 is 2.67 bits per heavy atom. The van der Waals surface area contributed by atoms with E-state index >= 15 is 0 Å². The number of urea groups is 1. The van der Waals surface area contributed by atoms with Crippen molar-refractivity contribution in [2.75, 3.05) is 39.9 Å². The van der Waals surface area contributed by atoms with Crippen LogP contribution in [0.3, 0.4) is 0 Å². The maximum absolute atomic E-state index is 12.5. The zero-order valence-corrected chi connectivity index (χ0v) is 12.7. The van der Waals surface area contributed by atoms with Gasteiger partial charge in [-0.2, -0.15) is 0 Å². The minimum atomic E-state index is -0.902. The van der Waals surface area contributed by atoms with Crippen LogP contribution < -0.4 is 0 Å². The number of carboxylic acids is 1. The van der Waals surface area contributed by atoms with Crippen molar-refractivity contribution in [3.05, 3.63) is 0 Å². The summed E-state index contributed by atoms with van der Waals surface area (Å²) < 4.78 is 10.8. The summed E-state index contributed by atoms with van der Waals surface area (Å²) in [7, 11) is 1.67. The Hall–Kier alpha value is -1.34. The number of hydrogen-bond donors (Lipinski definition) is 1. The van der Waals surface area contributed by atoms with E-state index in [9.17, 15) is 9.59 Å². The molecule has 2 aliphatic rings. The maximum Gasteiger partial charge on any atom is 0.320 e. The largest absolute Gasteiger partial charge is 0.481 e. The number of carbonyl (C=O) groups is 2. The Bertz CT molecular complexity index is 390. The van der Waals surface area contributed by atoms with Gasteiger partial charge in [-0.15, -0.1) is 0 Å².